The van der Waals surface area contributed by atoms with Gasteiger partial charge in [0, 0.05) is 13.1 Å². The number of guanidine groups is 1. The molecule has 3 unspecified atom stereocenters. The van der Waals surface area contributed by atoms with Crippen LogP contribution in [0.4, 0.5) is 0 Å². The van der Waals surface area contributed by atoms with Crippen molar-refractivity contribution in [1.82, 2.24) is 5.32 Å². The number of aliphatic imine (C=N–C) groups is 1. The molecule has 0 amide bonds. The first-order valence-corrected chi connectivity index (χ1v) is 6.83. The fourth-order valence-electron chi connectivity index (χ4n) is 3.40. The van der Waals surface area contributed by atoms with Crippen molar-refractivity contribution in [3.63, 3.8) is 0 Å². The van der Waals surface area contributed by atoms with Gasteiger partial charge in [-0.05, 0) is 49.9 Å². The molecular weight excluding hydrogens is 198 g/mol. The van der Waals surface area contributed by atoms with E-state index >= 15 is 0 Å². The highest BCUT2D eigenvalue weighted by Crippen LogP contribution is 2.49. The van der Waals surface area contributed by atoms with E-state index in [0.717, 1.165) is 37.3 Å². The molecule has 0 heterocycles. The number of fused-ring (bicyclic) bond motifs is 2. The first-order chi connectivity index (χ1) is 7.79. The number of rotatable bonds is 5. The molecule has 2 aliphatic rings. The SMILES string of the molecule is CCCN=C(N)NCCC1CC2CCC1C2. The molecule has 0 aromatic rings. The van der Waals surface area contributed by atoms with E-state index in [1.165, 1.54) is 32.1 Å². The summed E-state index contributed by atoms with van der Waals surface area (Å²) in [6.07, 6.45) is 8.30. The van der Waals surface area contributed by atoms with Gasteiger partial charge < -0.3 is 11.1 Å². The van der Waals surface area contributed by atoms with Crippen LogP contribution < -0.4 is 11.1 Å². The molecule has 16 heavy (non-hydrogen) atoms. The largest absolute Gasteiger partial charge is 0.370 e. The quantitative estimate of drug-likeness (QED) is 0.554. The molecule has 0 aliphatic heterocycles. The van der Waals surface area contributed by atoms with Crippen LogP contribution in [0.5, 0.6) is 0 Å². The van der Waals surface area contributed by atoms with Crippen molar-refractivity contribution in [1.29, 1.82) is 0 Å². The zero-order chi connectivity index (χ0) is 11.4. The molecule has 0 spiro atoms. The van der Waals surface area contributed by atoms with Crippen LogP contribution >= 0.6 is 0 Å². The van der Waals surface area contributed by atoms with Crippen molar-refractivity contribution in [3.05, 3.63) is 0 Å². The monoisotopic (exact) mass is 223 g/mol. The van der Waals surface area contributed by atoms with Gasteiger partial charge in [0.1, 0.15) is 0 Å². The molecule has 0 radical (unpaired) electrons. The molecule has 3 N–H and O–H groups in total. The third-order valence-corrected chi connectivity index (χ3v) is 4.21. The lowest BCUT2D eigenvalue weighted by Gasteiger charge is -2.21. The van der Waals surface area contributed by atoms with Gasteiger partial charge >= 0.3 is 0 Å². The first-order valence-electron chi connectivity index (χ1n) is 6.83. The summed E-state index contributed by atoms with van der Waals surface area (Å²) in [5.74, 6) is 3.68. The Morgan fingerprint density at radius 1 is 1.38 bits per heavy atom. The Bertz CT molecular complexity index is 250. The van der Waals surface area contributed by atoms with Gasteiger partial charge in [-0.3, -0.25) is 4.99 Å². The van der Waals surface area contributed by atoms with E-state index in [-0.39, 0.29) is 0 Å². The van der Waals surface area contributed by atoms with E-state index in [1.807, 2.05) is 0 Å². The second kappa shape index (κ2) is 5.55. The van der Waals surface area contributed by atoms with Crippen LogP contribution in [0, 0.1) is 17.8 Å². The predicted octanol–water partition coefficient (Wildman–Crippen LogP) is 2.13. The van der Waals surface area contributed by atoms with Crippen LogP contribution in [0.1, 0.15) is 45.4 Å². The van der Waals surface area contributed by atoms with Crippen molar-refractivity contribution in [2.24, 2.45) is 28.5 Å². The Kier molecular flexibility index (Phi) is 4.08. The maximum atomic E-state index is 5.76. The molecule has 92 valence electrons. The Morgan fingerprint density at radius 2 is 2.25 bits per heavy atom. The number of nitrogens with zero attached hydrogens (tertiary/aromatic N) is 1. The van der Waals surface area contributed by atoms with Gasteiger partial charge in [-0.25, -0.2) is 0 Å². The van der Waals surface area contributed by atoms with E-state index in [0.29, 0.717) is 5.96 Å². The maximum Gasteiger partial charge on any atom is 0.188 e. The minimum atomic E-state index is 0.630. The molecule has 3 heteroatoms. The van der Waals surface area contributed by atoms with Crippen LogP contribution in [0.2, 0.25) is 0 Å². The molecule has 3 atom stereocenters. The van der Waals surface area contributed by atoms with Gasteiger partial charge in [0.15, 0.2) is 5.96 Å². The zero-order valence-electron chi connectivity index (χ0n) is 10.4. The van der Waals surface area contributed by atoms with Gasteiger partial charge in [-0.1, -0.05) is 13.3 Å². The van der Waals surface area contributed by atoms with Gasteiger partial charge in [-0.15, -0.1) is 0 Å². The molecule has 2 bridgehead atoms. The summed E-state index contributed by atoms with van der Waals surface area (Å²) in [4.78, 5) is 4.24. The topological polar surface area (TPSA) is 50.4 Å². The smallest absolute Gasteiger partial charge is 0.188 e. The van der Waals surface area contributed by atoms with Crippen LogP contribution in [-0.4, -0.2) is 19.0 Å². The highest BCUT2D eigenvalue weighted by Gasteiger charge is 2.38. The summed E-state index contributed by atoms with van der Waals surface area (Å²) in [6.45, 7) is 3.96. The molecule has 3 nitrogen and oxygen atoms in total. The molecule has 2 rings (SSSR count). The lowest BCUT2D eigenvalue weighted by Crippen LogP contribution is -2.33. The van der Waals surface area contributed by atoms with Crippen LogP contribution in [-0.2, 0) is 0 Å². The van der Waals surface area contributed by atoms with Gasteiger partial charge in [-0.2, -0.15) is 0 Å². The van der Waals surface area contributed by atoms with Crippen molar-refractivity contribution in [2.75, 3.05) is 13.1 Å². The summed E-state index contributed by atoms with van der Waals surface area (Å²) in [5.41, 5.74) is 5.76. The number of hydrogen-bond acceptors (Lipinski definition) is 1. The van der Waals surface area contributed by atoms with Crippen LogP contribution in [0.25, 0.3) is 0 Å². The third-order valence-electron chi connectivity index (χ3n) is 4.21. The fourth-order valence-corrected chi connectivity index (χ4v) is 3.40. The Labute approximate surface area is 98.9 Å². The van der Waals surface area contributed by atoms with Crippen molar-refractivity contribution in [3.8, 4) is 0 Å². The van der Waals surface area contributed by atoms with E-state index < -0.39 is 0 Å². The number of nitrogens with one attached hydrogen (secondary N) is 1. The van der Waals surface area contributed by atoms with Crippen molar-refractivity contribution < 1.29 is 0 Å². The van der Waals surface area contributed by atoms with E-state index in [4.69, 9.17) is 5.73 Å². The van der Waals surface area contributed by atoms with E-state index in [2.05, 4.69) is 17.2 Å². The van der Waals surface area contributed by atoms with Gasteiger partial charge in [0.05, 0.1) is 0 Å². The fraction of sp³-hybridized carbons (Fsp3) is 0.923. The average Bonchev–Trinajstić information content (AvgIpc) is 2.88. The predicted molar refractivity (Wildman–Crippen MR) is 68.3 cm³/mol. The van der Waals surface area contributed by atoms with Gasteiger partial charge in [0.25, 0.3) is 0 Å². The molecule has 2 aliphatic carbocycles. The normalized spacial score (nSPS) is 33.3. The highest BCUT2D eigenvalue weighted by atomic mass is 15.1. The second-order valence-electron chi connectivity index (χ2n) is 5.42. The molecule has 2 fully saturated rings. The summed E-state index contributed by atoms with van der Waals surface area (Å²) < 4.78 is 0. The highest BCUT2D eigenvalue weighted by molar-refractivity contribution is 5.77. The number of nitrogens with two attached hydrogens (primary N) is 1. The lowest BCUT2D eigenvalue weighted by atomic mass is 9.86. The van der Waals surface area contributed by atoms with Gasteiger partial charge in [0.2, 0.25) is 0 Å². The maximum absolute atomic E-state index is 5.76. The standard InChI is InChI=1S/C13H25N3/c1-2-6-15-13(14)16-7-5-12-9-10-3-4-11(12)8-10/h10-12H,2-9H2,1H3,(H3,14,15,16). The summed E-state index contributed by atoms with van der Waals surface area (Å²) in [5, 5.41) is 3.23. The second-order valence-corrected chi connectivity index (χ2v) is 5.42. The minimum Gasteiger partial charge on any atom is -0.370 e. The average molecular weight is 223 g/mol. The summed E-state index contributed by atoms with van der Waals surface area (Å²) in [7, 11) is 0. The Balaban J connectivity index is 1.61. The zero-order valence-corrected chi connectivity index (χ0v) is 10.4. The molecule has 0 aromatic carbocycles. The lowest BCUT2D eigenvalue weighted by molar-refractivity contribution is 0.315. The van der Waals surface area contributed by atoms with E-state index in [9.17, 15) is 0 Å². The van der Waals surface area contributed by atoms with Crippen LogP contribution in [0.15, 0.2) is 4.99 Å². The Hall–Kier alpha value is -0.730. The molecule has 0 saturated heterocycles. The molecule has 2 saturated carbocycles. The number of hydrogen-bond donors (Lipinski definition) is 2. The van der Waals surface area contributed by atoms with Crippen molar-refractivity contribution >= 4 is 5.96 Å². The van der Waals surface area contributed by atoms with Crippen LogP contribution in [0.3, 0.4) is 0 Å². The molecular formula is C13H25N3. The van der Waals surface area contributed by atoms with E-state index in [1.54, 1.807) is 0 Å². The Morgan fingerprint density at radius 3 is 2.88 bits per heavy atom. The first kappa shape index (κ1) is 11.7. The third kappa shape index (κ3) is 2.89. The minimum absolute atomic E-state index is 0.630. The summed E-state index contributed by atoms with van der Waals surface area (Å²) in [6, 6.07) is 0. The van der Waals surface area contributed by atoms with Crippen molar-refractivity contribution in [2.45, 2.75) is 45.4 Å². The molecule has 0 aromatic heterocycles. The summed E-state index contributed by atoms with van der Waals surface area (Å²) >= 11 is 0.